The molecule has 0 saturated heterocycles. The maximum atomic E-state index is 12.1. The van der Waals surface area contributed by atoms with E-state index in [2.05, 4.69) is 15.6 Å². The van der Waals surface area contributed by atoms with E-state index in [0.29, 0.717) is 4.88 Å². The lowest BCUT2D eigenvalue weighted by Gasteiger charge is -2.21. The quantitative estimate of drug-likeness (QED) is 0.905. The van der Waals surface area contributed by atoms with E-state index < -0.39 is 0 Å². The zero-order valence-corrected chi connectivity index (χ0v) is 13.2. The third kappa shape index (κ3) is 3.57. The molecule has 0 bridgehead atoms. The van der Waals surface area contributed by atoms with Crippen molar-refractivity contribution in [3.8, 4) is 5.75 Å². The van der Waals surface area contributed by atoms with E-state index in [1.807, 2.05) is 29.6 Å². The molecule has 23 heavy (non-hydrogen) atoms. The van der Waals surface area contributed by atoms with Crippen molar-refractivity contribution in [2.45, 2.75) is 12.5 Å². The van der Waals surface area contributed by atoms with Crippen molar-refractivity contribution in [2.24, 2.45) is 4.99 Å². The maximum Gasteiger partial charge on any atom is 0.268 e. The summed E-state index contributed by atoms with van der Waals surface area (Å²) in [4.78, 5) is 28.9. The second-order valence-electron chi connectivity index (χ2n) is 4.95. The van der Waals surface area contributed by atoms with Crippen LogP contribution < -0.4 is 15.4 Å². The molecule has 0 aliphatic carbocycles. The van der Waals surface area contributed by atoms with E-state index in [-0.39, 0.29) is 30.2 Å². The highest BCUT2D eigenvalue weighted by atomic mass is 32.1. The Hall–Kier alpha value is -2.67. The lowest BCUT2D eigenvalue weighted by Crippen LogP contribution is -2.46. The SMILES string of the molecule is COc1ccc(C2CC(=O)NC(NC(=O)c3cccs3)=N2)cc1. The zero-order chi connectivity index (χ0) is 16.2. The minimum atomic E-state index is -0.326. The second-order valence-corrected chi connectivity index (χ2v) is 5.90. The van der Waals surface area contributed by atoms with Gasteiger partial charge >= 0.3 is 0 Å². The van der Waals surface area contributed by atoms with Gasteiger partial charge in [0.2, 0.25) is 11.9 Å². The number of amides is 2. The molecule has 1 aromatic carbocycles. The highest BCUT2D eigenvalue weighted by molar-refractivity contribution is 7.12. The molecular formula is C16H15N3O3S. The summed E-state index contributed by atoms with van der Waals surface area (Å²) in [5.41, 5.74) is 0.892. The molecule has 3 rings (SSSR count). The van der Waals surface area contributed by atoms with Crippen LogP contribution in [0.1, 0.15) is 27.7 Å². The summed E-state index contributed by atoms with van der Waals surface area (Å²) in [5.74, 6) is 0.460. The van der Waals surface area contributed by atoms with Crippen LogP contribution in [0, 0.1) is 0 Å². The summed E-state index contributed by atoms with van der Waals surface area (Å²) in [7, 11) is 1.60. The minimum Gasteiger partial charge on any atom is -0.497 e. The Bertz CT molecular complexity index is 738. The zero-order valence-electron chi connectivity index (χ0n) is 12.4. The van der Waals surface area contributed by atoms with Gasteiger partial charge in [0.1, 0.15) is 5.75 Å². The number of benzene rings is 1. The molecule has 2 aromatic rings. The predicted molar refractivity (Wildman–Crippen MR) is 87.7 cm³/mol. The molecule has 1 atom stereocenters. The molecule has 118 valence electrons. The average Bonchev–Trinajstić information content (AvgIpc) is 3.09. The number of nitrogens with zero attached hydrogens (tertiary/aromatic N) is 1. The standard InChI is InChI=1S/C16H15N3O3S/c1-22-11-6-4-10(5-7-11)12-9-14(20)18-16(17-12)19-15(21)13-3-2-8-23-13/h2-8,12H,9H2,1H3,(H2,17,18,19,20,21). The Labute approximate surface area is 137 Å². The van der Waals surface area contributed by atoms with Crippen LogP contribution >= 0.6 is 11.3 Å². The van der Waals surface area contributed by atoms with E-state index in [1.54, 1.807) is 19.2 Å². The van der Waals surface area contributed by atoms with Crippen molar-refractivity contribution in [1.82, 2.24) is 10.6 Å². The molecule has 2 heterocycles. The number of hydrogen-bond donors (Lipinski definition) is 2. The topological polar surface area (TPSA) is 79.8 Å². The van der Waals surface area contributed by atoms with Crippen LogP contribution in [-0.4, -0.2) is 24.9 Å². The third-order valence-electron chi connectivity index (χ3n) is 3.40. The predicted octanol–water partition coefficient (Wildman–Crippen LogP) is 2.10. The number of aliphatic imine (C=N–C) groups is 1. The largest absolute Gasteiger partial charge is 0.497 e. The van der Waals surface area contributed by atoms with E-state index in [1.165, 1.54) is 11.3 Å². The molecule has 7 heteroatoms. The van der Waals surface area contributed by atoms with Gasteiger partial charge in [-0.3, -0.25) is 20.2 Å². The number of ether oxygens (including phenoxy) is 1. The van der Waals surface area contributed by atoms with E-state index in [9.17, 15) is 9.59 Å². The van der Waals surface area contributed by atoms with Gasteiger partial charge in [0.15, 0.2) is 0 Å². The Morgan fingerprint density at radius 3 is 2.78 bits per heavy atom. The Kier molecular flexibility index (Phi) is 4.38. The van der Waals surface area contributed by atoms with Gasteiger partial charge in [-0.25, -0.2) is 4.99 Å². The molecular weight excluding hydrogens is 314 g/mol. The van der Waals surface area contributed by atoms with Crippen LogP contribution in [-0.2, 0) is 4.79 Å². The van der Waals surface area contributed by atoms with Crippen LogP contribution in [0.3, 0.4) is 0 Å². The van der Waals surface area contributed by atoms with Crippen LogP contribution in [0.5, 0.6) is 5.75 Å². The molecule has 2 N–H and O–H groups in total. The molecule has 0 radical (unpaired) electrons. The lowest BCUT2D eigenvalue weighted by molar-refractivity contribution is -0.120. The average molecular weight is 329 g/mol. The van der Waals surface area contributed by atoms with Crippen LogP contribution in [0.2, 0.25) is 0 Å². The molecule has 0 saturated carbocycles. The Balaban J connectivity index is 1.78. The number of nitrogens with one attached hydrogen (secondary N) is 2. The van der Waals surface area contributed by atoms with Crippen LogP contribution in [0.4, 0.5) is 0 Å². The fourth-order valence-electron chi connectivity index (χ4n) is 2.25. The summed E-state index contributed by atoms with van der Waals surface area (Å²) < 4.78 is 5.12. The maximum absolute atomic E-state index is 12.1. The van der Waals surface area contributed by atoms with Crippen molar-refractivity contribution >= 4 is 29.1 Å². The number of hydrogen-bond acceptors (Lipinski definition) is 5. The highest BCUT2D eigenvalue weighted by Gasteiger charge is 2.23. The normalized spacial score (nSPS) is 17.2. The van der Waals surface area contributed by atoms with Crippen molar-refractivity contribution in [1.29, 1.82) is 0 Å². The van der Waals surface area contributed by atoms with Gasteiger partial charge in [0, 0.05) is 0 Å². The van der Waals surface area contributed by atoms with Gasteiger partial charge in [0.05, 0.1) is 24.4 Å². The summed E-state index contributed by atoms with van der Waals surface area (Å²) in [6, 6.07) is 10.6. The first kappa shape index (κ1) is 15.2. The Morgan fingerprint density at radius 2 is 2.13 bits per heavy atom. The summed E-state index contributed by atoms with van der Waals surface area (Å²) in [5, 5.41) is 7.05. The van der Waals surface area contributed by atoms with Gasteiger partial charge in [0.25, 0.3) is 5.91 Å². The number of carbonyl (C=O) groups is 2. The van der Waals surface area contributed by atoms with Crippen LogP contribution in [0.15, 0.2) is 46.8 Å². The van der Waals surface area contributed by atoms with E-state index >= 15 is 0 Å². The summed E-state index contributed by atoms with van der Waals surface area (Å²) >= 11 is 1.33. The smallest absolute Gasteiger partial charge is 0.268 e. The van der Waals surface area contributed by atoms with Crippen molar-refractivity contribution in [3.63, 3.8) is 0 Å². The minimum absolute atomic E-state index is 0.178. The van der Waals surface area contributed by atoms with Gasteiger partial charge in [-0.15, -0.1) is 11.3 Å². The molecule has 6 nitrogen and oxygen atoms in total. The first-order chi connectivity index (χ1) is 11.2. The molecule has 0 fully saturated rings. The number of methoxy groups -OCH3 is 1. The Morgan fingerprint density at radius 1 is 1.35 bits per heavy atom. The van der Waals surface area contributed by atoms with Crippen molar-refractivity contribution in [3.05, 3.63) is 52.2 Å². The monoisotopic (exact) mass is 329 g/mol. The number of guanidine groups is 1. The number of thiophene rings is 1. The first-order valence-electron chi connectivity index (χ1n) is 7.02. The molecule has 1 aromatic heterocycles. The van der Waals surface area contributed by atoms with Crippen molar-refractivity contribution in [2.75, 3.05) is 7.11 Å². The van der Waals surface area contributed by atoms with Crippen molar-refractivity contribution < 1.29 is 14.3 Å². The van der Waals surface area contributed by atoms with Gasteiger partial charge < -0.3 is 4.74 Å². The third-order valence-corrected chi connectivity index (χ3v) is 4.27. The highest BCUT2D eigenvalue weighted by Crippen LogP contribution is 2.25. The number of carbonyl (C=O) groups excluding carboxylic acids is 2. The molecule has 1 aliphatic heterocycles. The van der Waals surface area contributed by atoms with Gasteiger partial charge in [-0.05, 0) is 29.1 Å². The number of rotatable bonds is 3. The fraction of sp³-hybridized carbons (Fsp3) is 0.188. The fourth-order valence-corrected chi connectivity index (χ4v) is 2.87. The lowest BCUT2D eigenvalue weighted by atomic mass is 10.0. The second kappa shape index (κ2) is 6.62. The van der Waals surface area contributed by atoms with Gasteiger partial charge in [-0.2, -0.15) is 0 Å². The van der Waals surface area contributed by atoms with E-state index in [4.69, 9.17) is 4.74 Å². The molecule has 1 unspecified atom stereocenters. The first-order valence-corrected chi connectivity index (χ1v) is 7.90. The molecule has 0 spiro atoms. The molecule has 2 amide bonds. The molecule has 1 aliphatic rings. The van der Waals surface area contributed by atoms with E-state index in [0.717, 1.165) is 11.3 Å². The summed E-state index contributed by atoms with van der Waals surface area (Å²) in [6.45, 7) is 0. The van der Waals surface area contributed by atoms with Gasteiger partial charge in [-0.1, -0.05) is 18.2 Å². The van der Waals surface area contributed by atoms with Crippen LogP contribution in [0.25, 0.3) is 0 Å². The summed E-state index contributed by atoms with van der Waals surface area (Å²) in [6.07, 6.45) is 0.241.